The standard InChI is InChI=1S/C19H22N2O/c1-3-7-16(8-4-1)11-21-12-18(17-9-5-2-6-10-17)19(13-21)14-22-15-20-19/h1-10,18,20H,11-15H2/t18-,19+/m0/s1. The number of likely N-dealkylation sites (tertiary alicyclic amines) is 1. The summed E-state index contributed by atoms with van der Waals surface area (Å²) < 4.78 is 5.69. The Kier molecular flexibility index (Phi) is 3.70. The smallest absolute Gasteiger partial charge is 0.0971 e. The second-order valence-electron chi connectivity index (χ2n) is 6.44. The summed E-state index contributed by atoms with van der Waals surface area (Å²) in [7, 11) is 0. The van der Waals surface area contributed by atoms with Crippen LogP contribution in [0.2, 0.25) is 0 Å². The van der Waals surface area contributed by atoms with Crippen LogP contribution in [0.1, 0.15) is 17.0 Å². The number of nitrogens with one attached hydrogen (secondary N) is 1. The molecule has 2 aromatic carbocycles. The molecule has 2 fully saturated rings. The van der Waals surface area contributed by atoms with Crippen molar-refractivity contribution in [3.63, 3.8) is 0 Å². The fraction of sp³-hybridized carbons (Fsp3) is 0.368. The van der Waals surface area contributed by atoms with Gasteiger partial charge in [-0.3, -0.25) is 10.2 Å². The molecule has 1 N–H and O–H groups in total. The van der Waals surface area contributed by atoms with Crippen LogP contribution in [0.3, 0.4) is 0 Å². The topological polar surface area (TPSA) is 24.5 Å². The van der Waals surface area contributed by atoms with Gasteiger partial charge in [0.2, 0.25) is 0 Å². The van der Waals surface area contributed by atoms with Gasteiger partial charge in [-0.25, -0.2) is 0 Å². The quantitative estimate of drug-likeness (QED) is 0.942. The van der Waals surface area contributed by atoms with Gasteiger partial charge < -0.3 is 4.74 Å². The zero-order chi connectivity index (χ0) is 14.8. The Hall–Kier alpha value is -1.68. The summed E-state index contributed by atoms with van der Waals surface area (Å²) in [6.07, 6.45) is 0. The average molecular weight is 294 g/mol. The highest BCUT2D eigenvalue weighted by molar-refractivity contribution is 5.28. The Morgan fingerprint density at radius 3 is 2.45 bits per heavy atom. The maximum atomic E-state index is 5.69. The van der Waals surface area contributed by atoms with E-state index in [0.717, 1.165) is 26.2 Å². The van der Waals surface area contributed by atoms with Crippen molar-refractivity contribution in [2.24, 2.45) is 0 Å². The van der Waals surface area contributed by atoms with E-state index in [1.807, 2.05) is 0 Å². The van der Waals surface area contributed by atoms with Crippen molar-refractivity contribution < 1.29 is 4.74 Å². The van der Waals surface area contributed by atoms with Crippen LogP contribution in [0.4, 0.5) is 0 Å². The normalized spacial score (nSPS) is 28.5. The maximum absolute atomic E-state index is 5.69. The van der Waals surface area contributed by atoms with E-state index in [9.17, 15) is 0 Å². The van der Waals surface area contributed by atoms with E-state index in [4.69, 9.17) is 4.74 Å². The van der Waals surface area contributed by atoms with Gasteiger partial charge in [0, 0.05) is 25.6 Å². The number of ether oxygens (including phenoxy) is 1. The molecule has 2 aliphatic heterocycles. The van der Waals surface area contributed by atoms with Gasteiger partial charge in [0.25, 0.3) is 0 Å². The van der Waals surface area contributed by atoms with Crippen molar-refractivity contribution in [1.29, 1.82) is 0 Å². The van der Waals surface area contributed by atoms with Crippen LogP contribution in [0.5, 0.6) is 0 Å². The lowest BCUT2D eigenvalue weighted by Gasteiger charge is -2.29. The van der Waals surface area contributed by atoms with E-state index in [-0.39, 0.29) is 5.54 Å². The predicted molar refractivity (Wildman–Crippen MR) is 87.6 cm³/mol. The van der Waals surface area contributed by atoms with Crippen LogP contribution in [-0.4, -0.2) is 36.9 Å². The first-order valence-corrected chi connectivity index (χ1v) is 8.00. The van der Waals surface area contributed by atoms with E-state index < -0.39 is 0 Å². The molecule has 0 radical (unpaired) electrons. The molecule has 0 aromatic heterocycles. The third kappa shape index (κ3) is 2.56. The lowest BCUT2D eigenvalue weighted by Crippen LogP contribution is -2.48. The van der Waals surface area contributed by atoms with Gasteiger partial charge in [0.15, 0.2) is 0 Å². The Morgan fingerprint density at radius 1 is 1.05 bits per heavy atom. The molecule has 1 spiro atoms. The molecular formula is C19H22N2O. The molecule has 22 heavy (non-hydrogen) atoms. The van der Waals surface area contributed by atoms with Crippen LogP contribution >= 0.6 is 0 Å². The highest BCUT2D eigenvalue weighted by atomic mass is 16.5. The monoisotopic (exact) mass is 294 g/mol. The summed E-state index contributed by atoms with van der Waals surface area (Å²) in [6, 6.07) is 21.6. The molecule has 2 aliphatic rings. The molecule has 2 atom stereocenters. The second-order valence-corrected chi connectivity index (χ2v) is 6.44. The number of hydrogen-bond acceptors (Lipinski definition) is 3. The Bertz CT molecular complexity index is 608. The summed E-state index contributed by atoms with van der Waals surface area (Å²) >= 11 is 0. The summed E-state index contributed by atoms with van der Waals surface area (Å²) in [4.78, 5) is 2.55. The third-order valence-electron chi connectivity index (χ3n) is 4.95. The van der Waals surface area contributed by atoms with E-state index in [2.05, 4.69) is 70.9 Å². The molecule has 0 aliphatic carbocycles. The SMILES string of the molecule is c1ccc(CN2C[C@@H](c3ccccc3)[C@]3(COCN3)C2)cc1. The van der Waals surface area contributed by atoms with Gasteiger partial charge in [0.05, 0.1) is 18.9 Å². The van der Waals surface area contributed by atoms with Crippen LogP contribution in [-0.2, 0) is 11.3 Å². The molecule has 3 heteroatoms. The van der Waals surface area contributed by atoms with Crippen LogP contribution < -0.4 is 5.32 Å². The molecule has 2 aromatic rings. The molecule has 2 saturated heterocycles. The molecular weight excluding hydrogens is 272 g/mol. The fourth-order valence-corrected chi connectivity index (χ4v) is 3.88. The van der Waals surface area contributed by atoms with Crippen molar-refractivity contribution in [1.82, 2.24) is 10.2 Å². The molecule has 0 bridgehead atoms. The van der Waals surface area contributed by atoms with Crippen molar-refractivity contribution in [2.45, 2.75) is 18.0 Å². The number of hydrogen-bond donors (Lipinski definition) is 1. The van der Waals surface area contributed by atoms with Crippen LogP contribution in [0, 0.1) is 0 Å². The Balaban J connectivity index is 1.58. The van der Waals surface area contributed by atoms with Gasteiger partial charge in [-0.15, -0.1) is 0 Å². The molecule has 0 saturated carbocycles. The van der Waals surface area contributed by atoms with Gasteiger partial charge in [0.1, 0.15) is 0 Å². The molecule has 0 amide bonds. The zero-order valence-electron chi connectivity index (χ0n) is 12.7. The highest BCUT2D eigenvalue weighted by Gasteiger charge is 2.49. The average Bonchev–Trinajstić information content (AvgIpc) is 3.17. The van der Waals surface area contributed by atoms with Crippen LogP contribution in [0.25, 0.3) is 0 Å². The van der Waals surface area contributed by atoms with Crippen molar-refractivity contribution in [3.05, 3.63) is 71.8 Å². The summed E-state index contributed by atoms with van der Waals surface area (Å²) in [5.74, 6) is 0.486. The minimum atomic E-state index is 0.0656. The number of rotatable bonds is 3. The second kappa shape index (κ2) is 5.84. The summed E-state index contributed by atoms with van der Waals surface area (Å²) in [5, 5.41) is 3.63. The first-order chi connectivity index (χ1) is 10.9. The van der Waals surface area contributed by atoms with Crippen molar-refractivity contribution in [3.8, 4) is 0 Å². The van der Waals surface area contributed by atoms with E-state index in [0.29, 0.717) is 12.6 Å². The van der Waals surface area contributed by atoms with E-state index in [1.54, 1.807) is 0 Å². The first-order valence-electron chi connectivity index (χ1n) is 8.00. The van der Waals surface area contributed by atoms with Crippen LogP contribution in [0.15, 0.2) is 60.7 Å². The maximum Gasteiger partial charge on any atom is 0.0971 e. The Morgan fingerprint density at radius 2 is 1.77 bits per heavy atom. The molecule has 3 nitrogen and oxygen atoms in total. The minimum absolute atomic E-state index is 0.0656. The van der Waals surface area contributed by atoms with Gasteiger partial charge in [-0.1, -0.05) is 60.7 Å². The van der Waals surface area contributed by atoms with Gasteiger partial charge >= 0.3 is 0 Å². The number of benzene rings is 2. The molecule has 2 heterocycles. The highest BCUT2D eigenvalue weighted by Crippen LogP contribution is 2.38. The minimum Gasteiger partial charge on any atom is -0.364 e. The van der Waals surface area contributed by atoms with E-state index in [1.165, 1.54) is 11.1 Å². The zero-order valence-corrected chi connectivity index (χ0v) is 12.7. The molecule has 0 unspecified atom stereocenters. The first kappa shape index (κ1) is 13.9. The largest absolute Gasteiger partial charge is 0.364 e. The molecule has 114 valence electrons. The lowest BCUT2D eigenvalue weighted by molar-refractivity contribution is 0.173. The van der Waals surface area contributed by atoms with Gasteiger partial charge in [-0.05, 0) is 11.1 Å². The van der Waals surface area contributed by atoms with Crippen molar-refractivity contribution in [2.75, 3.05) is 26.4 Å². The predicted octanol–water partition coefficient (Wildman–Crippen LogP) is 2.60. The third-order valence-corrected chi connectivity index (χ3v) is 4.95. The van der Waals surface area contributed by atoms with Gasteiger partial charge in [-0.2, -0.15) is 0 Å². The Labute approximate surface area is 131 Å². The summed E-state index contributed by atoms with van der Waals surface area (Å²) in [5.41, 5.74) is 2.86. The molecule has 4 rings (SSSR count). The number of nitrogens with zero attached hydrogens (tertiary/aromatic N) is 1. The fourth-order valence-electron chi connectivity index (χ4n) is 3.88. The lowest BCUT2D eigenvalue weighted by atomic mass is 9.83. The summed E-state index contributed by atoms with van der Waals surface area (Å²) in [6.45, 7) is 4.60. The van der Waals surface area contributed by atoms with Crippen molar-refractivity contribution >= 4 is 0 Å². The van der Waals surface area contributed by atoms with E-state index >= 15 is 0 Å².